The van der Waals surface area contributed by atoms with Crippen molar-refractivity contribution in [2.75, 3.05) is 6.61 Å². The lowest BCUT2D eigenvalue weighted by molar-refractivity contribution is -0.120. The summed E-state index contributed by atoms with van der Waals surface area (Å²) in [6.07, 6.45) is 0. The van der Waals surface area contributed by atoms with Crippen molar-refractivity contribution in [2.45, 2.75) is 6.92 Å². The summed E-state index contributed by atoms with van der Waals surface area (Å²) in [4.78, 5) is 14.8. The summed E-state index contributed by atoms with van der Waals surface area (Å²) in [5.74, 6) is -0.217. The van der Waals surface area contributed by atoms with E-state index in [9.17, 15) is 9.90 Å². The maximum Gasteiger partial charge on any atom is 0.302 e. The van der Waals surface area contributed by atoms with Gasteiger partial charge in [-0.05, 0) is 74.7 Å². The molecule has 1 amide bonds. The minimum atomic E-state index is -0.576. The lowest BCUT2D eigenvalue weighted by Crippen LogP contribution is -2.08. The molecule has 0 radical (unpaired) electrons. The molecule has 1 heterocycles. The van der Waals surface area contributed by atoms with Crippen molar-refractivity contribution >= 4 is 70.3 Å². The number of aryl methyl sites for hydroxylation is 1. The Bertz CT molecular complexity index is 1010. The van der Waals surface area contributed by atoms with Gasteiger partial charge < -0.3 is 14.8 Å². The first kappa shape index (κ1) is 19.1. The van der Waals surface area contributed by atoms with Gasteiger partial charge in [0, 0.05) is 9.86 Å². The van der Waals surface area contributed by atoms with Gasteiger partial charge in [0.2, 0.25) is 5.88 Å². The Morgan fingerprint density at radius 3 is 2.58 bits per heavy atom. The summed E-state index contributed by atoms with van der Waals surface area (Å²) in [5, 5.41) is 18.1. The van der Waals surface area contributed by atoms with Gasteiger partial charge >= 0.3 is 5.91 Å². The van der Waals surface area contributed by atoms with Crippen LogP contribution in [0.4, 0.5) is 5.69 Å². The van der Waals surface area contributed by atoms with E-state index in [0.717, 1.165) is 19.0 Å². The molecule has 0 aliphatic rings. The second-order valence-corrected chi connectivity index (χ2v) is 8.08. The molecule has 0 unspecified atom stereocenters. The molecule has 0 saturated carbocycles. The van der Waals surface area contributed by atoms with E-state index >= 15 is 0 Å². The Balaban J connectivity index is 1.75. The topological polar surface area (TPSA) is 87.0 Å². The number of benzene rings is 2. The third kappa shape index (κ3) is 4.16. The third-order valence-electron chi connectivity index (χ3n) is 3.46. The van der Waals surface area contributed by atoms with E-state index in [2.05, 4.69) is 63.0 Å². The largest absolute Gasteiger partial charge is 0.493 e. The van der Waals surface area contributed by atoms with Crippen molar-refractivity contribution in [1.29, 1.82) is 0 Å². The van der Waals surface area contributed by atoms with Crippen molar-refractivity contribution in [1.82, 2.24) is 4.98 Å². The third-order valence-corrected chi connectivity index (χ3v) is 5.13. The number of rotatable bonds is 4. The van der Waals surface area contributed by atoms with Gasteiger partial charge in [0.05, 0.1) is 14.5 Å². The van der Waals surface area contributed by atoms with Gasteiger partial charge in [0.15, 0.2) is 12.3 Å². The van der Waals surface area contributed by atoms with Gasteiger partial charge in [-0.15, -0.1) is 10.2 Å². The van der Waals surface area contributed by atoms with Gasteiger partial charge in [-0.1, -0.05) is 15.9 Å². The zero-order chi connectivity index (χ0) is 18.8. The van der Waals surface area contributed by atoms with Gasteiger partial charge in [-0.25, -0.2) is 0 Å². The Hall–Kier alpha value is -1.71. The summed E-state index contributed by atoms with van der Waals surface area (Å²) in [7, 11) is 0. The maximum absolute atomic E-state index is 12.0. The van der Waals surface area contributed by atoms with Crippen LogP contribution in [0.25, 0.3) is 10.9 Å². The molecule has 1 aromatic heterocycles. The second kappa shape index (κ2) is 7.89. The lowest BCUT2D eigenvalue weighted by Gasteiger charge is -2.09. The summed E-state index contributed by atoms with van der Waals surface area (Å²) < 4.78 is 7.80. The van der Waals surface area contributed by atoms with Crippen molar-refractivity contribution in [2.24, 2.45) is 10.2 Å². The summed E-state index contributed by atoms with van der Waals surface area (Å²) >= 11 is 10.2. The number of aromatic hydroxyl groups is 1. The number of nitrogens with zero attached hydrogens (tertiary/aromatic N) is 2. The molecular weight excluding hydrogens is 534 g/mol. The molecule has 2 N–H and O–H groups in total. The highest BCUT2D eigenvalue weighted by molar-refractivity contribution is 9.11. The van der Waals surface area contributed by atoms with E-state index in [4.69, 9.17) is 4.74 Å². The number of carbonyl (C=O) groups excluding carboxylic acids is 1. The van der Waals surface area contributed by atoms with E-state index in [0.29, 0.717) is 16.7 Å². The molecule has 0 aliphatic heterocycles. The molecule has 0 aliphatic carbocycles. The van der Waals surface area contributed by atoms with Crippen LogP contribution < -0.4 is 4.74 Å². The second-order valence-electron chi connectivity index (χ2n) is 5.45. The van der Waals surface area contributed by atoms with E-state index in [1.807, 2.05) is 25.1 Å². The van der Waals surface area contributed by atoms with E-state index in [1.54, 1.807) is 12.1 Å². The van der Waals surface area contributed by atoms with Crippen LogP contribution in [0.1, 0.15) is 5.56 Å². The van der Waals surface area contributed by atoms with Crippen LogP contribution in [-0.2, 0) is 4.79 Å². The van der Waals surface area contributed by atoms with Crippen LogP contribution in [0.15, 0.2) is 54.0 Å². The fourth-order valence-electron chi connectivity index (χ4n) is 2.33. The fraction of sp³-hybridized carbons (Fsp3) is 0.118. The number of hydrogen-bond acceptors (Lipinski definition) is 4. The highest BCUT2D eigenvalue weighted by Gasteiger charge is 2.13. The molecule has 3 rings (SSSR count). The van der Waals surface area contributed by atoms with Gasteiger partial charge in [0.25, 0.3) is 0 Å². The zero-order valence-electron chi connectivity index (χ0n) is 13.4. The maximum atomic E-state index is 12.0. The first-order valence-electron chi connectivity index (χ1n) is 7.38. The van der Waals surface area contributed by atoms with Crippen LogP contribution in [-0.4, -0.2) is 22.6 Å². The van der Waals surface area contributed by atoms with Gasteiger partial charge in [0.1, 0.15) is 5.75 Å². The summed E-state index contributed by atoms with van der Waals surface area (Å²) in [5.41, 5.74) is 1.94. The van der Waals surface area contributed by atoms with Crippen molar-refractivity contribution in [3.8, 4) is 11.6 Å². The minimum absolute atomic E-state index is 0.153. The SMILES string of the molecule is Cc1cc(Br)c(OCC(=O)N=Nc2c(O)[nH]c3ccc(Br)cc23)c(Br)c1. The monoisotopic (exact) mass is 543 g/mol. The predicted octanol–water partition coefficient (Wildman–Crippen LogP) is 6.16. The molecule has 0 fully saturated rings. The minimum Gasteiger partial charge on any atom is -0.493 e. The van der Waals surface area contributed by atoms with E-state index < -0.39 is 5.91 Å². The number of ether oxygens (including phenoxy) is 1. The van der Waals surface area contributed by atoms with Crippen LogP contribution in [0, 0.1) is 6.92 Å². The smallest absolute Gasteiger partial charge is 0.302 e. The first-order valence-corrected chi connectivity index (χ1v) is 9.76. The quantitative estimate of drug-likeness (QED) is 0.385. The normalized spacial score (nSPS) is 11.4. The number of nitrogens with one attached hydrogen (secondary N) is 1. The average Bonchev–Trinajstić information content (AvgIpc) is 2.86. The number of carbonyl (C=O) groups is 1. The summed E-state index contributed by atoms with van der Waals surface area (Å²) in [6.45, 7) is 1.67. The van der Waals surface area contributed by atoms with Crippen LogP contribution in [0.5, 0.6) is 11.6 Å². The number of amides is 1. The van der Waals surface area contributed by atoms with Crippen molar-refractivity contribution in [3.63, 3.8) is 0 Å². The molecule has 6 nitrogen and oxygen atoms in total. The van der Waals surface area contributed by atoms with Crippen LogP contribution >= 0.6 is 47.8 Å². The van der Waals surface area contributed by atoms with Crippen LogP contribution in [0.3, 0.4) is 0 Å². The number of aromatic amines is 1. The molecule has 0 spiro atoms. The van der Waals surface area contributed by atoms with E-state index in [1.165, 1.54) is 0 Å². The number of aromatic nitrogens is 1. The van der Waals surface area contributed by atoms with Crippen molar-refractivity contribution in [3.05, 3.63) is 49.3 Å². The Morgan fingerprint density at radius 1 is 1.19 bits per heavy atom. The van der Waals surface area contributed by atoms with Gasteiger partial charge in [-0.2, -0.15) is 0 Å². The average molecular weight is 546 g/mol. The summed E-state index contributed by atoms with van der Waals surface area (Å²) in [6, 6.07) is 9.16. The predicted molar refractivity (Wildman–Crippen MR) is 109 cm³/mol. The lowest BCUT2D eigenvalue weighted by atomic mass is 10.2. The zero-order valence-corrected chi connectivity index (χ0v) is 18.1. The first-order chi connectivity index (χ1) is 12.3. The molecular formula is C17H12Br3N3O3. The number of fused-ring (bicyclic) bond motifs is 1. The number of halogens is 3. The molecule has 0 saturated heterocycles. The number of azo groups is 1. The fourth-order valence-corrected chi connectivity index (χ4v) is 4.34. The number of hydrogen-bond donors (Lipinski definition) is 2. The van der Waals surface area contributed by atoms with Crippen molar-refractivity contribution < 1.29 is 14.6 Å². The Labute approximate surface area is 174 Å². The molecule has 9 heteroatoms. The molecule has 26 heavy (non-hydrogen) atoms. The molecule has 134 valence electrons. The number of H-pyrrole nitrogens is 1. The highest BCUT2D eigenvalue weighted by atomic mass is 79.9. The Morgan fingerprint density at radius 2 is 1.88 bits per heavy atom. The van der Waals surface area contributed by atoms with Crippen LogP contribution in [0.2, 0.25) is 0 Å². The molecule has 3 aromatic rings. The Kier molecular flexibility index (Phi) is 5.79. The molecule has 0 bridgehead atoms. The van der Waals surface area contributed by atoms with E-state index in [-0.39, 0.29) is 18.2 Å². The molecule has 2 aromatic carbocycles. The molecule has 0 atom stereocenters. The van der Waals surface area contributed by atoms with Gasteiger partial charge in [-0.3, -0.25) is 4.79 Å². The standard InChI is InChI=1S/C17H12Br3N3O3/c1-8-4-11(19)16(12(20)5-8)26-7-14(24)22-23-15-10-6-9(18)2-3-13(10)21-17(15)25/h2-6,21,25H,7H2,1H3. The highest BCUT2D eigenvalue weighted by Crippen LogP contribution is 2.37.